The van der Waals surface area contributed by atoms with Gasteiger partial charge in [-0.25, -0.2) is 0 Å². The first-order valence-corrected chi connectivity index (χ1v) is 9.68. The van der Waals surface area contributed by atoms with Crippen LogP contribution in [0.1, 0.15) is 63.1 Å². The molecule has 150 valence electrons. The number of hydrogen-bond donors (Lipinski definition) is 2. The Hall–Kier alpha value is -3.34. The number of aryl methyl sites for hydroxylation is 1. The van der Waals surface area contributed by atoms with Crippen LogP contribution < -0.4 is 10.1 Å². The van der Waals surface area contributed by atoms with Crippen LogP contribution in [0.3, 0.4) is 0 Å². The van der Waals surface area contributed by atoms with Crippen molar-refractivity contribution in [2.24, 2.45) is 0 Å². The number of amides is 1. The number of ether oxygens (including phenoxy) is 1. The molecule has 1 heterocycles. The second kappa shape index (κ2) is 8.78. The molecular formula is C24H26N2O3. The molecule has 3 aromatic rings. The van der Waals surface area contributed by atoms with Gasteiger partial charge >= 0.3 is 0 Å². The molecule has 0 aliphatic heterocycles. The van der Waals surface area contributed by atoms with Crippen molar-refractivity contribution in [2.45, 2.75) is 33.2 Å². The molecule has 5 heteroatoms. The normalized spacial score (nSPS) is 11.7. The predicted octanol–water partition coefficient (Wildman–Crippen LogP) is 4.62. The second-order valence-electron chi connectivity index (χ2n) is 6.98. The molecule has 0 saturated heterocycles. The van der Waals surface area contributed by atoms with Gasteiger partial charge in [0.25, 0.3) is 5.91 Å². The molecular weight excluding hydrogens is 364 g/mol. The number of rotatable bonds is 7. The van der Waals surface area contributed by atoms with Crippen molar-refractivity contribution in [3.05, 3.63) is 88.2 Å². The number of nitrogens with one attached hydrogen (secondary N) is 2. The standard InChI is InChI=1S/C24H26N2O3/c1-5-20-21(16(3)27)15(2)25-23(20)24(28)26-22(17-9-7-6-8-10-17)18-11-13-19(29-4)14-12-18/h6-14,22,25H,5H2,1-4H3,(H,26,28). The first-order valence-electron chi connectivity index (χ1n) is 9.68. The molecule has 1 unspecified atom stereocenters. The Morgan fingerprint density at radius 1 is 1.03 bits per heavy atom. The van der Waals surface area contributed by atoms with Crippen molar-refractivity contribution in [3.8, 4) is 5.75 Å². The molecule has 0 aliphatic rings. The maximum Gasteiger partial charge on any atom is 0.268 e. The Labute approximate surface area is 171 Å². The van der Waals surface area contributed by atoms with E-state index in [0.717, 1.165) is 28.1 Å². The molecule has 0 bridgehead atoms. The highest BCUT2D eigenvalue weighted by molar-refractivity contribution is 6.02. The number of H-pyrrole nitrogens is 1. The van der Waals surface area contributed by atoms with E-state index < -0.39 is 0 Å². The van der Waals surface area contributed by atoms with Crippen LogP contribution in [0.2, 0.25) is 0 Å². The van der Waals surface area contributed by atoms with Crippen LogP contribution in [-0.2, 0) is 6.42 Å². The zero-order valence-electron chi connectivity index (χ0n) is 17.2. The predicted molar refractivity (Wildman–Crippen MR) is 114 cm³/mol. The summed E-state index contributed by atoms with van der Waals surface area (Å²) in [6.45, 7) is 5.30. The van der Waals surface area contributed by atoms with Gasteiger partial charge in [0.2, 0.25) is 0 Å². The molecule has 3 rings (SSSR count). The quantitative estimate of drug-likeness (QED) is 0.579. The zero-order valence-corrected chi connectivity index (χ0v) is 17.2. The van der Waals surface area contributed by atoms with Crippen molar-refractivity contribution < 1.29 is 14.3 Å². The van der Waals surface area contributed by atoms with Crippen LogP contribution in [0, 0.1) is 6.92 Å². The fourth-order valence-corrected chi connectivity index (χ4v) is 3.70. The summed E-state index contributed by atoms with van der Waals surface area (Å²) in [5, 5.41) is 3.14. The van der Waals surface area contributed by atoms with E-state index in [2.05, 4.69) is 10.3 Å². The second-order valence-corrected chi connectivity index (χ2v) is 6.98. The van der Waals surface area contributed by atoms with Crippen LogP contribution in [0.25, 0.3) is 0 Å². The molecule has 0 radical (unpaired) electrons. The summed E-state index contributed by atoms with van der Waals surface area (Å²) >= 11 is 0. The minimum absolute atomic E-state index is 0.0376. The lowest BCUT2D eigenvalue weighted by Gasteiger charge is -2.20. The van der Waals surface area contributed by atoms with Gasteiger partial charge in [0.05, 0.1) is 13.2 Å². The fourth-order valence-electron chi connectivity index (χ4n) is 3.70. The lowest BCUT2D eigenvalue weighted by atomic mass is 9.97. The highest BCUT2D eigenvalue weighted by Crippen LogP contribution is 2.26. The van der Waals surface area contributed by atoms with Gasteiger partial charge in [0, 0.05) is 11.3 Å². The summed E-state index contributed by atoms with van der Waals surface area (Å²) in [5.41, 5.74) is 4.45. The Kier molecular flexibility index (Phi) is 6.17. The van der Waals surface area contributed by atoms with Crippen LogP contribution in [0.4, 0.5) is 0 Å². The summed E-state index contributed by atoms with van der Waals surface area (Å²) in [6, 6.07) is 17.1. The van der Waals surface area contributed by atoms with E-state index >= 15 is 0 Å². The molecule has 0 spiro atoms. The average Bonchev–Trinajstić information content (AvgIpc) is 3.09. The first kappa shape index (κ1) is 20.4. The minimum Gasteiger partial charge on any atom is -0.497 e. The van der Waals surface area contributed by atoms with Gasteiger partial charge < -0.3 is 15.0 Å². The molecule has 0 saturated carbocycles. The van der Waals surface area contributed by atoms with Crippen LogP contribution >= 0.6 is 0 Å². The number of hydrogen-bond acceptors (Lipinski definition) is 3. The number of methoxy groups -OCH3 is 1. The molecule has 1 atom stereocenters. The highest BCUT2D eigenvalue weighted by Gasteiger charge is 2.24. The van der Waals surface area contributed by atoms with Crippen LogP contribution in [0.15, 0.2) is 54.6 Å². The van der Waals surface area contributed by atoms with Gasteiger partial charge in [0.15, 0.2) is 5.78 Å². The Balaban J connectivity index is 1.99. The monoisotopic (exact) mass is 390 g/mol. The van der Waals surface area contributed by atoms with Gasteiger partial charge in [-0.3, -0.25) is 9.59 Å². The number of aromatic nitrogens is 1. The average molecular weight is 390 g/mol. The first-order chi connectivity index (χ1) is 14.0. The summed E-state index contributed by atoms with van der Waals surface area (Å²) in [4.78, 5) is 28.4. The third-order valence-corrected chi connectivity index (χ3v) is 5.08. The van der Waals surface area contributed by atoms with Crippen LogP contribution in [0.5, 0.6) is 5.75 Å². The SMILES string of the molecule is CCc1c(C(=O)NC(c2ccccc2)c2ccc(OC)cc2)[nH]c(C)c1C(C)=O. The Bertz CT molecular complexity index is 1000. The maximum atomic E-state index is 13.2. The Morgan fingerprint density at radius 3 is 2.21 bits per heavy atom. The van der Waals surface area contributed by atoms with E-state index in [1.165, 1.54) is 6.92 Å². The van der Waals surface area contributed by atoms with E-state index in [4.69, 9.17) is 4.74 Å². The molecule has 29 heavy (non-hydrogen) atoms. The summed E-state index contributed by atoms with van der Waals surface area (Å²) in [7, 11) is 1.62. The topological polar surface area (TPSA) is 71.2 Å². The van der Waals surface area contributed by atoms with Gasteiger partial charge in [-0.05, 0) is 49.1 Å². The van der Waals surface area contributed by atoms with Crippen molar-refractivity contribution in [1.29, 1.82) is 0 Å². The molecule has 0 fully saturated rings. The van der Waals surface area contributed by atoms with Crippen molar-refractivity contribution in [3.63, 3.8) is 0 Å². The third kappa shape index (κ3) is 4.24. The molecule has 2 aromatic carbocycles. The van der Waals surface area contributed by atoms with Gasteiger partial charge in [-0.1, -0.05) is 49.4 Å². The number of Topliss-reactive ketones (excluding diaryl/α,β-unsaturated/α-hetero) is 1. The van der Waals surface area contributed by atoms with E-state index in [1.54, 1.807) is 7.11 Å². The summed E-state index contributed by atoms with van der Waals surface area (Å²) < 4.78 is 5.25. The Morgan fingerprint density at radius 2 is 1.66 bits per heavy atom. The number of ketones is 1. The van der Waals surface area contributed by atoms with E-state index in [9.17, 15) is 9.59 Å². The van der Waals surface area contributed by atoms with E-state index in [-0.39, 0.29) is 17.7 Å². The van der Waals surface area contributed by atoms with Crippen LogP contribution in [-0.4, -0.2) is 23.8 Å². The lowest BCUT2D eigenvalue weighted by molar-refractivity contribution is 0.0937. The van der Waals surface area contributed by atoms with Gasteiger partial charge in [-0.15, -0.1) is 0 Å². The lowest BCUT2D eigenvalue weighted by Crippen LogP contribution is -2.30. The minimum atomic E-state index is -0.330. The summed E-state index contributed by atoms with van der Waals surface area (Å²) in [6.07, 6.45) is 0.598. The summed E-state index contributed by atoms with van der Waals surface area (Å²) in [5.74, 6) is 0.484. The molecule has 1 amide bonds. The molecule has 0 aliphatic carbocycles. The fraction of sp³-hybridized carbons (Fsp3) is 0.250. The van der Waals surface area contributed by atoms with Crippen molar-refractivity contribution >= 4 is 11.7 Å². The van der Waals surface area contributed by atoms with E-state index in [0.29, 0.717) is 17.7 Å². The maximum absolute atomic E-state index is 13.2. The van der Waals surface area contributed by atoms with Crippen molar-refractivity contribution in [1.82, 2.24) is 10.3 Å². The number of aromatic amines is 1. The van der Waals surface area contributed by atoms with Crippen molar-refractivity contribution in [2.75, 3.05) is 7.11 Å². The number of carbonyl (C=O) groups is 2. The third-order valence-electron chi connectivity index (χ3n) is 5.08. The van der Waals surface area contributed by atoms with Gasteiger partial charge in [-0.2, -0.15) is 0 Å². The molecule has 5 nitrogen and oxygen atoms in total. The smallest absolute Gasteiger partial charge is 0.268 e. The largest absolute Gasteiger partial charge is 0.497 e. The number of benzene rings is 2. The number of carbonyl (C=O) groups excluding carboxylic acids is 2. The van der Waals surface area contributed by atoms with E-state index in [1.807, 2.05) is 68.4 Å². The molecule has 2 N–H and O–H groups in total. The molecule has 1 aromatic heterocycles. The zero-order chi connectivity index (χ0) is 21.0. The van der Waals surface area contributed by atoms with Gasteiger partial charge in [0.1, 0.15) is 11.4 Å². The highest BCUT2D eigenvalue weighted by atomic mass is 16.5.